The van der Waals surface area contributed by atoms with Gasteiger partial charge in [-0.15, -0.1) is 0 Å². The van der Waals surface area contributed by atoms with Crippen LogP contribution in [0.2, 0.25) is 0 Å². The van der Waals surface area contributed by atoms with E-state index in [1.807, 2.05) is 24.3 Å². The molecule has 1 unspecified atom stereocenters. The van der Waals surface area contributed by atoms with Crippen LogP contribution < -0.4 is 5.32 Å². The molecule has 1 aromatic rings. The molecule has 72 valence electrons. The van der Waals surface area contributed by atoms with Crippen molar-refractivity contribution in [1.82, 2.24) is 0 Å². The molecule has 1 aromatic carbocycles. The van der Waals surface area contributed by atoms with Gasteiger partial charge in [0, 0.05) is 11.3 Å². The van der Waals surface area contributed by atoms with Gasteiger partial charge in [0.15, 0.2) is 0 Å². The van der Waals surface area contributed by atoms with Gasteiger partial charge in [-0.05, 0) is 6.07 Å². The molecule has 0 aromatic heterocycles. The molecule has 14 heavy (non-hydrogen) atoms. The van der Waals surface area contributed by atoms with E-state index >= 15 is 0 Å². The zero-order valence-corrected chi connectivity index (χ0v) is 7.73. The third-order valence-electron chi connectivity index (χ3n) is 2.13. The van der Waals surface area contributed by atoms with Gasteiger partial charge in [0.1, 0.15) is 25.1 Å². The molecule has 4 heteroatoms. The van der Waals surface area contributed by atoms with Crippen LogP contribution in [0.25, 0.3) is 0 Å². The fraction of sp³-hybridized carbons (Fsp3) is 0.200. The number of aldehydes is 1. The first-order valence-corrected chi connectivity index (χ1v) is 4.29. The van der Waals surface area contributed by atoms with Gasteiger partial charge in [-0.25, -0.2) is 0 Å². The zero-order valence-electron chi connectivity index (χ0n) is 7.73. The number of hydrogen-bond acceptors (Lipinski definition) is 4. The van der Waals surface area contributed by atoms with Gasteiger partial charge >= 0.3 is 0 Å². The molecule has 0 saturated carbocycles. The topological polar surface area (TPSA) is 50.7 Å². The van der Waals surface area contributed by atoms with Crippen LogP contribution >= 0.6 is 0 Å². The van der Waals surface area contributed by atoms with Crippen molar-refractivity contribution in [3.05, 3.63) is 29.8 Å². The molecule has 0 bridgehead atoms. The summed E-state index contributed by atoms with van der Waals surface area (Å²) in [6.45, 7) is 0. The van der Waals surface area contributed by atoms with Crippen molar-refractivity contribution in [1.29, 1.82) is 0 Å². The first-order valence-electron chi connectivity index (χ1n) is 4.29. The van der Waals surface area contributed by atoms with Gasteiger partial charge < -0.3 is 14.9 Å². The maximum Gasteiger partial charge on any atom is 0.148 e. The van der Waals surface area contributed by atoms with E-state index in [4.69, 9.17) is 4.84 Å². The highest BCUT2D eigenvalue weighted by Gasteiger charge is 2.27. The lowest BCUT2D eigenvalue weighted by molar-refractivity contribution is -0.107. The quantitative estimate of drug-likeness (QED) is 0.559. The summed E-state index contributed by atoms with van der Waals surface area (Å²) in [6, 6.07) is 7.23. The van der Waals surface area contributed by atoms with Crippen molar-refractivity contribution < 1.29 is 9.63 Å². The van der Waals surface area contributed by atoms with Crippen LogP contribution in [0.5, 0.6) is 0 Å². The fourth-order valence-corrected chi connectivity index (χ4v) is 1.54. The van der Waals surface area contributed by atoms with Crippen LogP contribution in [0.4, 0.5) is 5.69 Å². The molecule has 1 heterocycles. The van der Waals surface area contributed by atoms with Crippen LogP contribution in [0.15, 0.2) is 29.4 Å². The van der Waals surface area contributed by atoms with Crippen molar-refractivity contribution in [3.63, 3.8) is 0 Å². The van der Waals surface area contributed by atoms with E-state index in [1.54, 1.807) is 0 Å². The summed E-state index contributed by atoms with van der Waals surface area (Å²) in [5, 5.41) is 6.88. The number of nitrogens with zero attached hydrogens (tertiary/aromatic N) is 1. The summed E-state index contributed by atoms with van der Waals surface area (Å²) in [5.41, 5.74) is 2.48. The molecular weight excluding hydrogens is 180 g/mol. The van der Waals surface area contributed by atoms with Crippen LogP contribution in [0.3, 0.4) is 0 Å². The lowest BCUT2D eigenvalue weighted by Crippen LogP contribution is -2.24. The summed E-state index contributed by atoms with van der Waals surface area (Å²) in [7, 11) is 1.47. The Hall–Kier alpha value is -1.84. The van der Waals surface area contributed by atoms with E-state index in [0.717, 1.165) is 17.5 Å². The Bertz CT molecular complexity index is 387. The number of benzene rings is 1. The van der Waals surface area contributed by atoms with Crippen molar-refractivity contribution in [2.75, 3.05) is 12.4 Å². The van der Waals surface area contributed by atoms with E-state index in [-0.39, 0.29) is 0 Å². The Morgan fingerprint density at radius 1 is 1.50 bits per heavy atom. The van der Waals surface area contributed by atoms with Crippen LogP contribution in [0, 0.1) is 0 Å². The number of rotatable bonds is 2. The van der Waals surface area contributed by atoms with Crippen molar-refractivity contribution >= 4 is 17.7 Å². The van der Waals surface area contributed by atoms with Gasteiger partial charge in [-0.2, -0.15) is 0 Å². The van der Waals surface area contributed by atoms with E-state index in [1.165, 1.54) is 7.11 Å². The minimum absolute atomic E-state index is 0.396. The molecule has 4 nitrogen and oxygen atoms in total. The first-order chi connectivity index (χ1) is 6.86. The number of anilines is 1. The molecule has 0 aliphatic carbocycles. The van der Waals surface area contributed by atoms with E-state index in [9.17, 15) is 4.79 Å². The van der Waals surface area contributed by atoms with Gasteiger partial charge in [0.05, 0.1) is 0 Å². The lowest BCUT2D eigenvalue weighted by atomic mass is 10.1. The Balaban J connectivity index is 2.47. The standard InChI is InChI=1S/C10H10N2O2/c1-14-12-10-7-4-2-3-5-8(7)11-9(10)6-13/h2-6,9,11H,1H3. The number of carbonyl (C=O) groups is 1. The predicted octanol–water partition coefficient (Wildman–Crippen LogP) is 1.03. The maximum absolute atomic E-state index is 10.8. The molecule has 0 spiro atoms. The molecule has 0 amide bonds. The summed E-state index contributed by atoms with van der Waals surface area (Å²) >= 11 is 0. The summed E-state index contributed by atoms with van der Waals surface area (Å²) in [4.78, 5) is 15.5. The summed E-state index contributed by atoms with van der Waals surface area (Å²) in [5.74, 6) is 0. The summed E-state index contributed by atoms with van der Waals surface area (Å²) in [6.07, 6.45) is 0.817. The number of nitrogens with one attached hydrogen (secondary N) is 1. The Labute approximate surface area is 81.6 Å². The normalized spacial score (nSPS) is 21.5. The second kappa shape index (κ2) is 3.49. The van der Waals surface area contributed by atoms with Crippen molar-refractivity contribution in [3.8, 4) is 0 Å². The van der Waals surface area contributed by atoms with Crippen LogP contribution in [0.1, 0.15) is 5.56 Å². The fourth-order valence-electron chi connectivity index (χ4n) is 1.54. The zero-order chi connectivity index (χ0) is 9.97. The Morgan fingerprint density at radius 2 is 2.29 bits per heavy atom. The molecule has 1 aliphatic rings. The smallest absolute Gasteiger partial charge is 0.148 e. The summed E-state index contributed by atoms with van der Waals surface area (Å²) < 4.78 is 0. The van der Waals surface area contributed by atoms with Crippen molar-refractivity contribution in [2.24, 2.45) is 5.16 Å². The molecule has 1 atom stereocenters. The van der Waals surface area contributed by atoms with E-state index in [0.29, 0.717) is 5.71 Å². The monoisotopic (exact) mass is 190 g/mol. The molecule has 0 saturated heterocycles. The lowest BCUT2D eigenvalue weighted by Gasteiger charge is -2.01. The number of carbonyl (C=O) groups excluding carboxylic acids is 1. The number of fused-ring (bicyclic) bond motifs is 1. The first kappa shape index (κ1) is 8.74. The highest BCUT2D eigenvalue weighted by Crippen LogP contribution is 2.25. The third-order valence-corrected chi connectivity index (χ3v) is 2.13. The van der Waals surface area contributed by atoms with Crippen molar-refractivity contribution in [2.45, 2.75) is 6.04 Å². The van der Waals surface area contributed by atoms with Gasteiger partial charge in [0.25, 0.3) is 0 Å². The molecule has 1 N–H and O–H groups in total. The average Bonchev–Trinajstić information content (AvgIpc) is 2.58. The second-order valence-electron chi connectivity index (χ2n) is 2.96. The molecule has 2 rings (SSSR count). The largest absolute Gasteiger partial charge is 0.399 e. The molecule has 0 radical (unpaired) electrons. The molecule has 1 aliphatic heterocycles. The number of oxime groups is 1. The highest BCUT2D eigenvalue weighted by atomic mass is 16.6. The van der Waals surface area contributed by atoms with E-state index in [2.05, 4.69) is 10.5 Å². The number of hydrogen-bond donors (Lipinski definition) is 1. The van der Waals surface area contributed by atoms with Crippen LogP contribution in [-0.2, 0) is 9.63 Å². The highest BCUT2D eigenvalue weighted by molar-refractivity contribution is 6.20. The van der Waals surface area contributed by atoms with Gasteiger partial charge in [-0.3, -0.25) is 0 Å². The predicted molar refractivity (Wildman–Crippen MR) is 53.5 cm³/mol. The second-order valence-corrected chi connectivity index (χ2v) is 2.96. The Kier molecular flexibility index (Phi) is 2.18. The minimum Gasteiger partial charge on any atom is -0.399 e. The van der Waals surface area contributed by atoms with Gasteiger partial charge in [0.2, 0.25) is 0 Å². The average molecular weight is 190 g/mol. The SMILES string of the molecule is CON=C1c2ccccc2NC1C=O. The van der Waals surface area contributed by atoms with Gasteiger partial charge in [-0.1, -0.05) is 23.4 Å². The molecule has 0 fully saturated rings. The Morgan fingerprint density at radius 3 is 3.00 bits per heavy atom. The third kappa shape index (κ3) is 1.25. The number of para-hydroxylation sites is 1. The van der Waals surface area contributed by atoms with Crippen LogP contribution in [-0.4, -0.2) is 25.1 Å². The minimum atomic E-state index is -0.396. The maximum atomic E-state index is 10.8. The molecular formula is C10H10N2O2. The van der Waals surface area contributed by atoms with E-state index < -0.39 is 6.04 Å².